The molecule has 0 amide bonds. The van der Waals surface area contributed by atoms with E-state index in [-0.39, 0.29) is 0 Å². The minimum atomic E-state index is 0.488. The van der Waals surface area contributed by atoms with E-state index in [0.29, 0.717) is 30.2 Å². The van der Waals surface area contributed by atoms with E-state index >= 15 is 0 Å². The third-order valence-corrected chi connectivity index (χ3v) is 3.55. The molecule has 0 aliphatic rings. The second-order valence-electron chi connectivity index (χ2n) is 4.35. The molecule has 0 saturated carbocycles. The molecule has 2 aromatic carbocycles. The first kappa shape index (κ1) is 15.4. The molecule has 0 aliphatic heterocycles. The molecule has 0 fully saturated rings. The van der Waals surface area contributed by atoms with E-state index in [1.54, 1.807) is 12.1 Å². The first-order valence-electron chi connectivity index (χ1n) is 6.50. The molecule has 0 aromatic heterocycles. The molecule has 0 radical (unpaired) electrons. The second-order valence-corrected chi connectivity index (χ2v) is 5.51. The van der Waals surface area contributed by atoms with Gasteiger partial charge in [0.1, 0.15) is 5.75 Å². The Morgan fingerprint density at radius 2 is 1.81 bits per heavy atom. The van der Waals surface area contributed by atoms with Gasteiger partial charge in [-0.25, -0.2) is 0 Å². The summed E-state index contributed by atoms with van der Waals surface area (Å²) in [5, 5.41) is 8.87. The minimum absolute atomic E-state index is 0.488. The highest BCUT2D eigenvalue weighted by atomic mass is 127. The zero-order valence-corrected chi connectivity index (χ0v) is 13.5. The number of benzene rings is 2. The summed E-state index contributed by atoms with van der Waals surface area (Å²) < 4.78 is 12.1. The lowest BCUT2D eigenvalue weighted by atomic mass is 10.2. The maximum absolute atomic E-state index is 8.87. The first-order valence-corrected chi connectivity index (χ1v) is 7.58. The number of anilines is 1. The van der Waals surface area contributed by atoms with Gasteiger partial charge in [0.2, 0.25) is 0 Å². The van der Waals surface area contributed by atoms with Crippen LogP contribution in [0, 0.1) is 14.9 Å². The summed E-state index contributed by atoms with van der Waals surface area (Å²) in [6, 6.07) is 15.1. The Morgan fingerprint density at radius 3 is 2.48 bits per heavy atom. The number of ether oxygens (including phenoxy) is 2. The molecule has 5 heteroatoms. The quantitative estimate of drug-likeness (QED) is 0.462. The maximum Gasteiger partial charge on any atom is 0.155 e. The van der Waals surface area contributed by atoms with Crippen molar-refractivity contribution in [1.82, 2.24) is 0 Å². The lowest BCUT2D eigenvalue weighted by Gasteiger charge is -2.11. The second kappa shape index (κ2) is 7.74. The molecule has 0 unspecified atom stereocenters. The van der Waals surface area contributed by atoms with Crippen LogP contribution in [0.5, 0.6) is 11.5 Å². The molecule has 4 nitrogen and oxygen atoms in total. The van der Waals surface area contributed by atoms with Crippen LogP contribution in [0.2, 0.25) is 0 Å². The average molecular weight is 394 g/mol. The summed E-state index contributed by atoms with van der Waals surface area (Å²) in [6.45, 7) is 1.09. The summed E-state index contributed by atoms with van der Waals surface area (Å²) in [5.74, 6) is 1.49. The zero-order chi connectivity index (χ0) is 15.1. The summed E-state index contributed by atoms with van der Waals surface area (Å²) in [5.41, 5.74) is 6.92. The number of nitrogens with zero attached hydrogens (tertiary/aromatic N) is 1. The molecule has 2 aromatic rings. The van der Waals surface area contributed by atoms with Crippen LogP contribution in [-0.2, 0) is 0 Å². The number of para-hydroxylation sites is 1. The van der Waals surface area contributed by atoms with Gasteiger partial charge in [0.25, 0.3) is 0 Å². The van der Waals surface area contributed by atoms with Crippen LogP contribution in [0.1, 0.15) is 12.0 Å². The van der Waals surface area contributed by atoms with Crippen LogP contribution in [0.25, 0.3) is 0 Å². The predicted molar refractivity (Wildman–Crippen MR) is 90.3 cm³/mol. The summed E-state index contributed by atoms with van der Waals surface area (Å²) in [7, 11) is 0. The highest BCUT2D eigenvalue weighted by Crippen LogP contribution is 2.29. The normalized spacial score (nSPS) is 9.90. The van der Waals surface area contributed by atoms with Gasteiger partial charge in [-0.1, -0.05) is 18.2 Å². The molecule has 0 saturated heterocycles. The van der Waals surface area contributed by atoms with E-state index < -0.39 is 0 Å². The standard InChI is InChI=1S/C16H15IN2O2/c17-14-9-12(11-18)10-15(19)16(14)21-8-4-7-20-13-5-2-1-3-6-13/h1-3,5-6,9-10H,4,7-8,19H2. The van der Waals surface area contributed by atoms with Crippen LogP contribution in [-0.4, -0.2) is 13.2 Å². The summed E-state index contributed by atoms with van der Waals surface area (Å²) in [4.78, 5) is 0. The van der Waals surface area contributed by atoms with Crippen LogP contribution < -0.4 is 15.2 Å². The van der Waals surface area contributed by atoms with Crippen molar-refractivity contribution < 1.29 is 9.47 Å². The van der Waals surface area contributed by atoms with E-state index in [4.69, 9.17) is 20.5 Å². The van der Waals surface area contributed by atoms with Crippen molar-refractivity contribution >= 4 is 28.3 Å². The molecule has 0 spiro atoms. The smallest absolute Gasteiger partial charge is 0.155 e. The summed E-state index contributed by atoms with van der Waals surface area (Å²) in [6.07, 6.45) is 0.754. The fraction of sp³-hybridized carbons (Fsp3) is 0.188. The average Bonchev–Trinajstić information content (AvgIpc) is 2.50. The van der Waals surface area contributed by atoms with E-state index in [9.17, 15) is 0 Å². The number of nitrogens with two attached hydrogens (primary N) is 1. The van der Waals surface area contributed by atoms with Gasteiger partial charge >= 0.3 is 0 Å². The highest BCUT2D eigenvalue weighted by Gasteiger charge is 2.08. The Balaban J connectivity index is 1.80. The topological polar surface area (TPSA) is 68.3 Å². The molecule has 0 bridgehead atoms. The van der Waals surface area contributed by atoms with Crippen molar-refractivity contribution in [2.24, 2.45) is 0 Å². The number of halogens is 1. The lowest BCUT2D eigenvalue weighted by Crippen LogP contribution is -2.07. The van der Waals surface area contributed by atoms with Crippen molar-refractivity contribution in [3.63, 3.8) is 0 Å². The summed E-state index contributed by atoms with van der Waals surface area (Å²) >= 11 is 2.12. The van der Waals surface area contributed by atoms with Crippen molar-refractivity contribution in [2.75, 3.05) is 18.9 Å². The van der Waals surface area contributed by atoms with Gasteiger partial charge in [0.05, 0.1) is 34.1 Å². The minimum Gasteiger partial charge on any atom is -0.493 e. The zero-order valence-electron chi connectivity index (χ0n) is 11.4. The monoisotopic (exact) mass is 394 g/mol. The Kier molecular flexibility index (Phi) is 5.69. The molecule has 0 heterocycles. The lowest BCUT2D eigenvalue weighted by molar-refractivity contribution is 0.247. The maximum atomic E-state index is 8.87. The Labute approximate surface area is 137 Å². The molecular weight excluding hydrogens is 379 g/mol. The Bertz CT molecular complexity index is 615. The molecule has 0 aliphatic carbocycles. The molecule has 108 valence electrons. The number of hydrogen-bond donors (Lipinski definition) is 1. The number of rotatable bonds is 6. The fourth-order valence-corrected chi connectivity index (χ4v) is 2.57. The van der Waals surface area contributed by atoms with Crippen LogP contribution in [0.15, 0.2) is 42.5 Å². The van der Waals surface area contributed by atoms with Crippen LogP contribution in [0.3, 0.4) is 0 Å². The molecule has 0 atom stereocenters. The van der Waals surface area contributed by atoms with Crippen molar-refractivity contribution in [1.29, 1.82) is 5.26 Å². The number of nitrogen functional groups attached to an aromatic ring is 1. The predicted octanol–water partition coefficient (Wildman–Crippen LogP) is 3.59. The first-order chi connectivity index (χ1) is 10.2. The number of hydrogen-bond acceptors (Lipinski definition) is 4. The van der Waals surface area contributed by atoms with E-state index in [1.807, 2.05) is 30.3 Å². The Morgan fingerprint density at radius 1 is 1.10 bits per heavy atom. The SMILES string of the molecule is N#Cc1cc(N)c(OCCCOc2ccccc2)c(I)c1. The molecular formula is C16H15IN2O2. The molecule has 21 heavy (non-hydrogen) atoms. The van der Waals surface area contributed by atoms with Crippen LogP contribution in [0.4, 0.5) is 5.69 Å². The van der Waals surface area contributed by atoms with Crippen molar-refractivity contribution in [3.8, 4) is 17.6 Å². The van der Waals surface area contributed by atoms with Gasteiger partial charge in [-0.15, -0.1) is 0 Å². The van der Waals surface area contributed by atoms with Crippen molar-refractivity contribution in [2.45, 2.75) is 6.42 Å². The van der Waals surface area contributed by atoms with E-state index in [2.05, 4.69) is 28.7 Å². The largest absolute Gasteiger partial charge is 0.493 e. The van der Waals surface area contributed by atoms with Gasteiger partial charge in [0.15, 0.2) is 5.75 Å². The third kappa shape index (κ3) is 4.53. The third-order valence-electron chi connectivity index (χ3n) is 2.75. The van der Waals surface area contributed by atoms with E-state index in [0.717, 1.165) is 15.7 Å². The molecule has 2 rings (SSSR count). The van der Waals surface area contributed by atoms with E-state index in [1.165, 1.54) is 0 Å². The highest BCUT2D eigenvalue weighted by molar-refractivity contribution is 14.1. The van der Waals surface area contributed by atoms with Gasteiger partial charge in [-0.05, 0) is 46.9 Å². The van der Waals surface area contributed by atoms with Gasteiger partial charge in [0, 0.05) is 6.42 Å². The van der Waals surface area contributed by atoms with Crippen LogP contribution >= 0.6 is 22.6 Å². The van der Waals surface area contributed by atoms with Gasteiger partial charge in [-0.3, -0.25) is 0 Å². The van der Waals surface area contributed by atoms with Gasteiger partial charge < -0.3 is 15.2 Å². The number of nitriles is 1. The Hall–Kier alpha value is -1.94. The molecule has 2 N–H and O–H groups in total. The van der Waals surface area contributed by atoms with Crippen molar-refractivity contribution in [3.05, 3.63) is 51.6 Å². The fourth-order valence-electron chi connectivity index (χ4n) is 1.77. The van der Waals surface area contributed by atoms with Gasteiger partial charge in [-0.2, -0.15) is 5.26 Å².